The lowest BCUT2D eigenvalue weighted by molar-refractivity contribution is -0.138. The summed E-state index contributed by atoms with van der Waals surface area (Å²) in [4.78, 5) is 16.2. The largest absolute Gasteiger partial charge is 0.481 e. The van der Waals surface area contributed by atoms with E-state index >= 15 is 0 Å². The molecule has 2 atom stereocenters. The summed E-state index contributed by atoms with van der Waals surface area (Å²) in [5.41, 5.74) is 5.54. The molecule has 144 valence electrons. The van der Waals surface area contributed by atoms with Gasteiger partial charge in [0.25, 0.3) is 0 Å². The number of pyridine rings is 1. The molecule has 1 fully saturated rings. The molecule has 1 N–H and O–H groups in total. The van der Waals surface area contributed by atoms with E-state index in [1.54, 1.807) is 0 Å². The number of unbranched alkanes of at least 4 members (excludes halogenated alkanes) is 3. The minimum atomic E-state index is -0.712. The van der Waals surface area contributed by atoms with E-state index in [2.05, 4.69) is 43.3 Å². The summed E-state index contributed by atoms with van der Waals surface area (Å²) in [6.07, 6.45) is 6.82. The lowest BCUT2D eigenvalue weighted by Gasteiger charge is -2.12. The van der Waals surface area contributed by atoms with Crippen LogP contribution in [-0.4, -0.2) is 16.1 Å². The molecule has 3 nitrogen and oxygen atoms in total. The Labute approximate surface area is 166 Å². The number of carboxylic acid groups (broad SMARTS) is 1. The van der Waals surface area contributed by atoms with Gasteiger partial charge in [-0.15, -0.1) is 0 Å². The molecule has 1 aliphatic carbocycles. The third-order valence-electron chi connectivity index (χ3n) is 5.78. The fraction of sp³-hybridized carbons (Fsp3) is 0.360. The van der Waals surface area contributed by atoms with Crippen molar-refractivity contribution < 1.29 is 9.90 Å². The second-order valence-electron chi connectivity index (χ2n) is 7.91. The molecule has 1 aliphatic rings. The van der Waals surface area contributed by atoms with Crippen LogP contribution in [0.3, 0.4) is 0 Å². The van der Waals surface area contributed by atoms with Gasteiger partial charge >= 0.3 is 5.97 Å². The van der Waals surface area contributed by atoms with E-state index in [4.69, 9.17) is 4.98 Å². The number of fused-ring (bicyclic) bond motifs is 1. The number of carbonyl (C=O) groups is 1. The van der Waals surface area contributed by atoms with E-state index in [0.29, 0.717) is 6.42 Å². The van der Waals surface area contributed by atoms with Crippen LogP contribution in [0.5, 0.6) is 0 Å². The molecule has 1 heterocycles. The summed E-state index contributed by atoms with van der Waals surface area (Å²) in [6, 6.07) is 19.0. The first kappa shape index (κ1) is 18.7. The van der Waals surface area contributed by atoms with Crippen molar-refractivity contribution in [3.8, 4) is 11.1 Å². The molecule has 1 aromatic heterocycles. The number of carboxylic acids is 1. The number of aromatic nitrogens is 1. The van der Waals surface area contributed by atoms with Gasteiger partial charge in [-0.2, -0.15) is 0 Å². The number of hydrogen-bond donors (Lipinski definition) is 1. The Hall–Kier alpha value is -2.68. The van der Waals surface area contributed by atoms with Crippen molar-refractivity contribution >= 4 is 16.9 Å². The highest BCUT2D eigenvalue weighted by Gasteiger charge is 2.45. The molecule has 3 aromatic rings. The van der Waals surface area contributed by atoms with Gasteiger partial charge in [0, 0.05) is 17.0 Å². The first-order valence-electron chi connectivity index (χ1n) is 10.4. The van der Waals surface area contributed by atoms with Crippen LogP contribution in [0, 0.1) is 5.92 Å². The van der Waals surface area contributed by atoms with Gasteiger partial charge in [0.15, 0.2) is 0 Å². The van der Waals surface area contributed by atoms with Crippen LogP contribution >= 0.6 is 0 Å². The summed E-state index contributed by atoms with van der Waals surface area (Å²) in [5, 5.41) is 10.5. The summed E-state index contributed by atoms with van der Waals surface area (Å²) in [5.74, 6) is -0.958. The van der Waals surface area contributed by atoms with Crippen LogP contribution in [0.25, 0.3) is 22.0 Å². The highest BCUT2D eigenvalue weighted by molar-refractivity contribution is 5.95. The average molecular weight is 373 g/mol. The molecule has 28 heavy (non-hydrogen) atoms. The van der Waals surface area contributed by atoms with Crippen molar-refractivity contribution in [1.82, 2.24) is 4.98 Å². The smallest absolute Gasteiger partial charge is 0.307 e. The van der Waals surface area contributed by atoms with Gasteiger partial charge in [-0.3, -0.25) is 9.78 Å². The Balaban J connectivity index is 1.73. The molecule has 0 saturated heterocycles. The summed E-state index contributed by atoms with van der Waals surface area (Å²) in [6.45, 7) is 2.24. The zero-order valence-electron chi connectivity index (χ0n) is 16.4. The van der Waals surface area contributed by atoms with Gasteiger partial charge in [0.1, 0.15) is 0 Å². The fourth-order valence-corrected chi connectivity index (χ4v) is 4.05. The Morgan fingerprint density at radius 1 is 1.07 bits per heavy atom. The van der Waals surface area contributed by atoms with Crippen LogP contribution < -0.4 is 0 Å². The van der Waals surface area contributed by atoms with Crippen molar-refractivity contribution in [1.29, 1.82) is 0 Å². The van der Waals surface area contributed by atoms with Crippen molar-refractivity contribution in [2.24, 2.45) is 5.92 Å². The number of aliphatic carboxylic acids is 1. The van der Waals surface area contributed by atoms with Crippen LogP contribution in [0.4, 0.5) is 0 Å². The zero-order valence-corrected chi connectivity index (χ0v) is 16.4. The molecule has 0 amide bonds. The average Bonchev–Trinajstić information content (AvgIpc) is 3.52. The Kier molecular flexibility index (Phi) is 5.43. The molecule has 0 aliphatic heterocycles. The van der Waals surface area contributed by atoms with Crippen molar-refractivity contribution in [3.63, 3.8) is 0 Å². The third kappa shape index (κ3) is 3.94. The molecular weight excluding hydrogens is 346 g/mol. The first-order chi connectivity index (χ1) is 13.7. The van der Waals surface area contributed by atoms with E-state index in [1.165, 1.54) is 31.2 Å². The quantitative estimate of drug-likeness (QED) is 0.477. The molecule has 0 spiro atoms. The SMILES string of the molecule is CCCCCCc1ccc2nc([C@H]3C[C@H]3C(=O)O)cc(-c3ccccc3)c2c1. The summed E-state index contributed by atoms with van der Waals surface area (Å²) < 4.78 is 0. The lowest BCUT2D eigenvalue weighted by Crippen LogP contribution is -2.01. The second kappa shape index (κ2) is 8.14. The Bertz CT molecular complexity index is 981. The van der Waals surface area contributed by atoms with Crippen molar-refractivity contribution in [2.45, 2.75) is 51.4 Å². The van der Waals surface area contributed by atoms with Crippen LogP contribution in [0.15, 0.2) is 54.6 Å². The van der Waals surface area contributed by atoms with E-state index in [0.717, 1.165) is 34.1 Å². The highest BCUT2D eigenvalue weighted by atomic mass is 16.4. The molecule has 3 heteroatoms. The monoisotopic (exact) mass is 373 g/mol. The lowest BCUT2D eigenvalue weighted by atomic mass is 9.96. The predicted molar refractivity (Wildman–Crippen MR) is 114 cm³/mol. The number of aryl methyl sites for hydroxylation is 1. The minimum absolute atomic E-state index is 0.0399. The van der Waals surface area contributed by atoms with Gasteiger partial charge in [-0.1, -0.05) is 62.6 Å². The maximum Gasteiger partial charge on any atom is 0.307 e. The van der Waals surface area contributed by atoms with Gasteiger partial charge in [0.2, 0.25) is 0 Å². The minimum Gasteiger partial charge on any atom is -0.481 e. The maximum absolute atomic E-state index is 11.3. The van der Waals surface area contributed by atoms with Gasteiger partial charge in [-0.05, 0) is 54.2 Å². The molecule has 1 saturated carbocycles. The summed E-state index contributed by atoms with van der Waals surface area (Å²) >= 11 is 0. The fourth-order valence-electron chi connectivity index (χ4n) is 4.05. The van der Waals surface area contributed by atoms with Gasteiger partial charge in [0.05, 0.1) is 11.4 Å². The Morgan fingerprint density at radius 2 is 1.89 bits per heavy atom. The van der Waals surface area contributed by atoms with E-state index in [9.17, 15) is 9.90 Å². The topological polar surface area (TPSA) is 50.2 Å². The predicted octanol–water partition coefficient (Wildman–Crippen LogP) is 6.21. The second-order valence-corrected chi connectivity index (χ2v) is 7.91. The maximum atomic E-state index is 11.3. The van der Waals surface area contributed by atoms with Crippen LogP contribution in [0.1, 0.15) is 56.2 Å². The Morgan fingerprint density at radius 3 is 2.61 bits per heavy atom. The molecule has 0 bridgehead atoms. The van der Waals surface area contributed by atoms with E-state index in [1.807, 2.05) is 18.2 Å². The van der Waals surface area contributed by atoms with Gasteiger partial charge in [-0.25, -0.2) is 0 Å². The number of nitrogens with zero attached hydrogens (tertiary/aromatic N) is 1. The molecular formula is C25H27NO2. The van der Waals surface area contributed by atoms with Crippen LogP contribution in [0.2, 0.25) is 0 Å². The standard InChI is InChI=1S/C25H27NO2/c1-2-3-4-6-9-17-12-13-23-20(14-17)19(18-10-7-5-8-11-18)16-24(26-23)21-15-22(21)25(27)28/h5,7-8,10-14,16,21-22H,2-4,6,9,15H2,1H3,(H,27,28)/t21-,22+/m0/s1. The molecule has 4 rings (SSSR count). The van der Waals surface area contributed by atoms with E-state index in [-0.39, 0.29) is 11.8 Å². The summed E-state index contributed by atoms with van der Waals surface area (Å²) in [7, 11) is 0. The highest BCUT2D eigenvalue weighted by Crippen LogP contribution is 2.48. The zero-order chi connectivity index (χ0) is 19.5. The molecule has 0 unspecified atom stereocenters. The normalized spacial score (nSPS) is 18.3. The molecule has 0 radical (unpaired) electrons. The first-order valence-corrected chi connectivity index (χ1v) is 10.4. The van der Waals surface area contributed by atoms with Crippen molar-refractivity contribution in [2.75, 3.05) is 0 Å². The number of benzene rings is 2. The van der Waals surface area contributed by atoms with Gasteiger partial charge < -0.3 is 5.11 Å². The third-order valence-corrected chi connectivity index (χ3v) is 5.78. The molecule has 2 aromatic carbocycles. The van der Waals surface area contributed by atoms with E-state index < -0.39 is 5.97 Å². The number of rotatable bonds is 8. The van der Waals surface area contributed by atoms with Crippen LogP contribution in [-0.2, 0) is 11.2 Å². The number of hydrogen-bond acceptors (Lipinski definition) is 2. The van der Waals surface area contributed by atoms with Crippen molar-refractivity contribution in [3.05, 3.63) is 65.9 Å².